The molecular formula is C21H22N4O2S. The molecule has 0 amide bonds. The summed E-state index contributed by atoms with van der Waals surface area (Å²) in [5, 5.41) is 1.62. The molecule has 7 heteroatoms. The molecule has 0 unspecified atom stereocenters. The second-order valence-electron chi connectivity index (χ2n) is 6.87. The number of sulfonamides is 1. The molecule has 144 valence electrons. The number of aromatic nitrogens is 2. The first-order valence-electron chi connectivity index (χ1n) is 9.08. The van der Waals surface area contributed by atoms with Crippen molar-refractivity contribution in [1.82, 2.24) is 14.7 Å². The van der Waals surface area contributed by atoms with E-state index in [4.69, 9.17) is 0 Å². The zero-order valence-corrected chi connectivity index (χ0v) is 16.6. The fourth-order valence-electron chi connectivity index (χ4n) is 3.39. The van der Waals surface area contributed by atoms with Gasteiger partial charge < -0.3 is 9.88 Å². The maximum absolute atomic E-state index is 12.9. The minimum atomic E-state index is -3.64. The van der Waals surface area contributed by atoms with Crippen LogP contribution < -0.4 is 9.62 Å². The lowest BCUT2D eigenvalue weighted by molar-refractivity contribution is 0.582. The van der Waals surface area contributed by atoms with Crippen LogP contribution in [0.1, 0.15) is 5.82 Å². The smallest absolute Gasteiger partial charge is 0.241 e. The topological polar surface area (TPSA) is 78.1 Å². The Kier molecular flexibility index (Phi) is 4.78. The van der Waals surface area contributed by atoms with Crippen LogP contribution in [0.3, 0.4) is 0 Å². The molecule has 1 aromatic heterocycles. The number of H-pyrrole nitrogens is 1. The third-order valence-corrected chi connectivity index (χ3v) is 6.24. The van der Waals surface area contributed by atoms with Gasteiger partial charge in [-0.25, -0.2) is 18.1 Å². The highest BCUT2D eigenvalue weighted by molar-refractivity contribution is 7.89. The van der Waals surface area contributed by atoms with Gasteiger partial charge >= 0.3 is 0 Å². The Morgan fingerprint density at radius 3 is 2.50 bits per heavy atom. The molecule has 4 aromatic rings. The lowest BCUT2D eigenvalue weighted by Gasteiger charge is -2.17. The third-order valence-electron chi connectivity index (χ3n) is 4.72. The first-order valence-corrected chi connectivity index (χ1v) is 10.6. The van der Waals surface area contributed by atoms with Gasteiger partial charge in [-0.05, 0) is 24.3 Å². The van der Waals surface area contributed by atoms with Gasteiger partial charge in [0.1, 0.15) is 5.82 Å². The summed E-state index contributed by atoms with van der Waals surface area (Å²) in [7, 11) is 0.252. The summed E-state index contributed by atoms with van der Waals surface area (Å²) >= 11 is 0. The van der Waals surface area contributed by atoms with E-state index in [1.165, 1.54) is 0 Å². The van der Waals surface area contributed by atoms with Gasteiger partial charge in [-0.3, -0.25) is 0 Å². The van der Waals surface area contributed by atoms with Crippen LogP contribution in [0, 0.1) is 0 Å². The normalized spacial score (nSPS) is 11.9. The molecule has 0 bridgehead atoms. The first kappa shape index (κ1) is 18.5. The Hall–Kier alpha value is -2.90. The molecular weight excluding hydrogens is 372 g/mol. The van der Waals surface area contributed by atoms with E-state index in [1.807, 2.05) is 67.5 Å². The Balaban J connectivity index is 1.57. The molecule has 0 aliphatic rings. The van der Waals surface area contributed by atoms with Crippen molar-refractivity contribution in [3.05, 3.63) is 66.5 Å². The average Bonchev–Trinajstić information content (AvgIpc) is 3.09. The van der Waals surface area contributed by atoms with Crippen molar-refractivity contribution in [2.75, 3.05) is 25.5 Å². The van der Waals surface area contributed by atoms with Crippen LogP contribution in [0.4, 0.5) is 5.69 Å². The van der Waals surface area contributed by atoms with Crippen molar-refractivity contribution in [1.29, 1.82) is 0 Å². The maximum atomic E-state index is 12.9. The average molecular weight is 394 g/mol. The van der Waals surface area contributed by atoms with Crippen molar-refractivity contribution in [2.45, 2.75) is 11.3 Å². The largest absolute Gasteiger partial charge is 0.377 e. The number of rotatable bonds is 6. The van der Waals surface area contributed by atoms with E-state index < -0.39 is 10.0 Å². The second kappa shape index (κ2) is 7.26. The fourth-order valence-corrected chi connectivity index (χ4v) is 4.65. The van der Waals surface area contributed by atoms with E-state index in [0.29, 0.717) is 16.7 Å². The van der Waals surface area contributed by atoms with Gasteiger partial charge in [0.2, 0.25) is 10.0 Å². The highest BCUT2D eigenvalue weighted by atomic mass is 32.2. The highest BCUT2D eigenvalue weighted by Gasteiger charge is 2.18. The number of hydrogen-bond donors (Lipinski definition) is 2. The number of aromatic amines is 1. The molecule has 0 atom stereocenters. The number of fused-ring (bicyclic) bond motifs is 2. The number of para-hydroxylation sites is 2. The molecule has 3 aromatic carbocycles. The van der Waals surface area contributed by atoms with Crippen LogP contribution in [0.25, 0.3) is 21.8 Å². The maximum Gasteiger partial charge on any atom is 0.241 e. The standard InChI is InChI=1S/C21H22N4O2S/c1-25(2)19-11-5-8-16-15(19)7-6-12-20(16)28(26,27)22-14-13-21-23-17-9-3-4-10-18(17)24-21/h3-12,22H,13-14H2,1-2H3,(H,23,24). The molecule has 0 saturated heterocycles. The zero-order chi connectivity index (χ0) is 19.7. The van der Waals surface area contributed by atoms with E-state index >= 15 is 0 Å². The third kappa shape index (κ3) is 3.46. The van der Waals surface area contributed by atoms with Gasteiger partial charge in [0, 0.05) is 43.5 Å². The quantitative estimate of drug-likeness (QED) is 0.526. The molecule has 0 fully saturated rings. The molecule has 4 rings (SSSR count). The minimum Gasteiger partial charge on any atom is -0.377 e. The Bertz CT molecular complexity index is 1210. The van der Waals surface area contributed by atoms with E-state index in [9.17, 15) is 8.42 Å². The lowest BCUT2D eigenvalue weighted by Crippen LogP contribution is -2.26. The van der Waals surface area contributed by atoms with Crippen LogP contribution in [-0.4, -0.2) is 39.0 Å². The summed E-state index contributed by atoms with van der Waals surface area (Å²) in [5.74, 6) is 0.761. The summed E-state index contributed by atoms with van der Waals surface area (Å²) < 4.78 is 28.6. The highest BCUT2D eigenvalue weighted by Crippen LogP contribution is 2.30. The summed E-state index contributed by atoms with van der Waals surface area (Å²) in [6.45, 7) is 0.270. The van der Waals surface area contributed by atoms with Crippen LogP contribution in [0.15, 0.2) is 65.6 Å². The summed E-state index contributed by atoms with van der Waals surface area (Å²) in [6, 6.07) is 18.8. The van der Waals surface area contributed by atoms with Crippen molar-refractivity contribution in [3.63, 3.8) is 0 Å². The van der Waals surface area contributed by atoms with Gasteiger partial charge in [-0.2, -0.15) is 0 Å². The fraction of sp³-hybridized carbons (Fsp3) is 0.190. The molecule has 2 N–H and O–H groups in total. The number of anilines is 1. The second-order valence-corrected chi connectivity index (χ2v) is 8.61. The zero-order valence-electron chi connectivity index (χ0n) is 15.8. The molecule has 1 heterocycles. The molecule has 6 nitrogen and oxygen atoms in total. The predicted molar refractivity (Wildman–Crippen MR) is 113 cm³/mol. The number of hydrogen-bond acceptors (Lipinski definition) is 4. The van der Waals surface area contributed by atoms with Crippen LogP contribution in [-0.2, 0) is 16.4 Å². The summed E-state index contributed by atoms with van der Waals surface area (Å²) in [6.07, 6.45) is 0.488. The molecule has 28 heavy (non-hydrogen) atoms. The number of benzene rings is 3. The van der Waals surface area contributed by atoms with Crippen molar-refractivity contribution in [3.8, 4) is 0 Å². The predicted octanol–water partition coefficient (Wildman–Crippen LogP) is 3.30. The Morgan fingerprint density at radius 1 is 0.964 bits per heavy atom. The van der Waals surface area contributed by atoms with E-state index in [-0.39, 0.29) is 6.54 Å². The van der Waals surface area contributed by atoms with E-state index in [0.717, 1.165) is 27.9 Å². The van der Waals surface area contributed by atoms with Gasteiger partial charge in [0.05, 0.1) is 15.9 Å². The molecule has 0 aliphatic carbocycles. The van der Waals surface area contributed by atoms with E-state index in [1.54, 1.807) is 12.1 Å². The number of nitrogens with one attached hydrogen (secondary N) is 2. The van der Waals surface area contributed by atoms with Gasteiger partial charge in [0.25, 0.3) is 0 Å². The van der Waals surface area contributed by atoms with Gasteiger partial charge in [-0.15, -0.1) is 0 Å². The van der Waals surface area contributed by atoms with Crippen molar-refractivity contribution >= 4 is 37.5 Å². The van der Waals surface area contributed by atoms with Crippen LogP contribution in [0.5, 0.6) is 0 Å². The van der Waals surface area contributed by atoms with E-state index in [2.05, 4.69) is 14.7 Å². The number of nitrogens with zero attached hydrogens (tertiary/aromatic N) is 2. The van der Waals surface area contributed by atoms with Crippen LogP contribution >= 0.6 is 0 Å². The van der Waals surface area contributed by atoms with Crippen LogP contribution in [0.2, 0.25) is 0 Å². The summed E-state index contributed by atoms with van der Waals surface area (Å²) in [4.78, 5) is 9.98. The number of imidazole rings is 1. The van der Waals surface area contributed by atoms with Crippen molar-refractivity contribution < 1.29 is 8.42 Å². The van der Waals surface area contributed by atoms with Gasteiger partial charge in [0.15, 0.2) is 0 Å². The van der Waals surface area contributed by atoms with Gasteiger partial charge in [-0.1, -0.05) is 36.4 Å². The molecule has 0 spiro atoms. The molecule has 0 aliphatic heterocycles. The summed E-state index contributed by atoms with van der Waals surface area (Å²) in [5.41, 5.74) is 2.81. The monoisotopic (exact) mass is 394 g/mol. The Labute approximate surface area is 164 Å². The lowest BCUT2D eigenvalue weighted by atomic mass is 10.1. The minimum absolute atomic E-state index is 0.270. The molecule has 0 radical (unpaired) electrons. The SMILES string of the molecule is CN(C)c1cccc2c(S(=O)(=O)NCCc3nc4ccccc4[nH]3)cccc12. The molecule has 0 saturated carbocycles. The van der Waals surface area contributed by atoms with Crippen molar-refractivity contribution in [2.24, 2.45) is 0 Å². The Morgan fingerprint density at radius 2 is 1.71 bits per heavy atom. The first-order chi connectivity index (χ1) is 13.5.